The van der Waals surface area contributed by atoms with Crippen LogP contribution in [0, 0.1) is 0 Å². The maximum atomic E-state index is 5.87. The van der Waals surface area contributed by atoms with Crippen LogP contribution in [0.4, 0.5) is 0 Å². The molecule has 0 fully saturated rings. The Bertz CT molecular complexity index is 574. The van der Waals surface area contributed by atoms with Crippen molar-refractivity contribution in [3.05, 3.63) is 40.9 Å². The number of alkyl halides is 1. The molecule has 0 radical (unpaired) electrons. The van der Waals surface area contributed by atoms with Gasteiger partial charge in [-0.15, -0.1) is 24.0 Å². The molecule has 3 rings (SSSR count). The molecule has 0 bridgehead atoms. The van der Waals surface area contributed by atoms with E-state index in [1.54, 1.807) is 18.9 Å². The van der Waals surface area contributed by atoms with Crippen molar-refractivity contribution in [2.24, 2.45) is 4.99 Å². The summed E-state index contributed by atoms with van der Waals surface area (Å²) in [7, 11) is 1.69. The van der Waals surface area contributed by atoms with E-state index in [0.717, 1.165) is 23.9 Å². The Morgan fingerprint density at radius 3 is 2.67 bits per heavy atom. The molecule has 0 spiro atoms. The summed E-state index contributed by atoms with van der Waals surface area (Å²) < 4.78 is 5.19. The topological polar surface area (TPSA) is 24.8 Å². The van der Waals surface area contributed by atoms with Crippen molar-refractivity contribution in [2.45, 2.75) is 18.9 Å². The number of benzene rings is 1. The van der Waals surface area contributed by atoms with Gasteiger partial charge in [-0.1, -0.05) is 23.9 Å². The minimum Gasteiger partial charge on any atom is -0.497 e. The van der Waals surface area contributed by atoms with Crippen LogP contribution in [0.2, 0.25) is 0 Å². The quantitative estimate of drug-likeness (QED) is 0.774. The van der Waals surface area contributed by atoms with Crippen molar-refractivity contribution in [2.75, 3.05) is 19.5 Å². The summed E-state index contributed by atoms with van der Waals surface area (Å²) in [6, 6.07) is 8.23. The first-order valence-corrected chi connectivity index (χ1v) is 7.91. The Labute approximate surface area is 140 Å². The highest BCUT2D eigenvalue weighted by atomic mass is 35.5. The molecule has 2 aliphatic heterocycles. The van der Waals surface area contributed by atoms with Crippen LogP contribution >= 0.6 is 35.8 Å². The largest absolute Gasteiger partial charge is 0.497 e. The summed E-state index contributed by atoms with van der Waals surface area (Å²) in [6.45, 7) is 3.12. The standard InChI is InChI=1S/C15H17ClN2OS.ClH/c1-15(7-11-3-5-12(19-2)6-4-11)10-18-9-13(8-16)20-14(18)17-15;/h3-6,9H,7-8,10H2,1-2H3;1H. The second-order valence-electron chi connectivity index (χ2n) is 5.38. The summed E-state index contributed by atoms with van der Waals surface area (Å²) in [5, 5.41) is 1.08. The maximum absolute atomic E-state index is 5.87. The van der Waals surface area contributed by atoms with Gasteiger partial charge in [0.15, 0.2) is 5.17 Å². The van der Waals surface area contributed by atoms with Crippen molar-refractivity contribution in [1.82, 2.24) is 4.90 Å². The summed E-state index contributed by atoms with van der Waals surface area (Å²) in [4.78, 5) is 8.27. The highest BCUT2D eigenvalue weighted by molar-refractivity contribution is 8.17. The molecule has 0 saturated heterocycles. The molecule has 1 aromatic carbocycles. The minimum absolute atomic E-state index is 0. The van der Waals surface area contributed by atoms with E-state index < -0.39 is 0 Å². The average Bonchev–Trinajstić information content (AvgIpc) is 2.93. The number of aliphatic imine (C=N–C) groups is 1. The lowest BCUT2D eigenvalue weighted by molar-refractivity contribution is 0.411. The third-order valence-electron chi connectivity index (χ3n) is 3.52. The highest BCUT2D eigenvalue weighted by Crippen LogP contribution is 2.37. The summed E-state index contributed by atoms with van der Waals surface area (Å²) >= 11 is 7.55. The monoisotopic (exact) mass is 344 g/mol. The Morgan fingerprint density at radius 1 is 1.38 bits per heavy atom. The Kier molecular flexibility index (Phi) is 5.12. The Morgan fingerprint density at radius 2 is 2.10 bits per heavy atom. The predicted octanol–water partition coefficient (Wildman–Crippen LogP) is 3.92. The van der Waals surface area contributed by atoms with Gasteiger partial charge in [0.2, 0.25) is 0 Å². The smallest absolute Gasteiger partial charge is 0.168 e. The molecule has 21 heavy (non-hydrogen) atoms. The molecular formula is C15H18Cl2N2OS. The second-order valence-corrected chi connectivity index (χ2v) is 6.74. The van der Waals surface area contributed by atoms with Gasteiger partial charge in [-0.3, -0.25) is 4.99 Å². The molecule has 114 valence electrons. The molecule has 1 atom stereocenters. The molecule has 2 aliphatic rings. The van der Waals surface area contributed by atoms with Crippen LogP contribution in [0.25, 0.3) is 0 Å². The number of thioether (sulfide) groups is 1. The van der Waals surface area contributed by atoms with Crippen molar-refractivity contribution in [3.63, 3.8) is 0 Å². The molecule has 1 unspecified atom stereocenters. The maximum Gasteiger partial charge on any atom is 0.168 e. The summed E-state index contributed by atoms with van der Waals surface area (Å²) in [6.07, 6.45) is 3.05. The van der Waals surface area contributed by atoms with Crippen molar-refractivity contribution in [1.29, 1.82) is 0 Å². The lowest BCUT2D eigenvalue weighted by atomic mass is 9.94. The molecule has 1 aromatic rings. The van der Waals surface area contributed by atoms with Crippen molar-refractivity contribution < 1.29 is 4.74 Å². The van der Waals surface area contributed by atoms with E-state index in [4.69, 9.17) is 21.3 Å². The van der Waals surface area contributed by atoms with E-state index in [0.29, 0.717) is 5.88 Å². The number of ether oxygens (including phenoxy) is 1. The van der Waals surface area contributed by atoms with E-state index in [-0.39, 0.29) is 17.9 Å². The first kappa shape index (κ1) is 16.5. The molecule has 2 heterocycles. The third kappa shape index (κ3) is 3.50. The molecule has 6 heteroatoms. The number of halogens is 2. The number of methoxy groups -OCH3 is 1. The van der Waals surface area contributed by atoms with Crippen LogP contribution in [0.15, 0.2) is 40.4 Å². The van der Waals surface area contributed by atoms with E-state index in [1.165, 1.54) is 10.5 Å². The number of nitrogens with zero attached hydrogens (tertiary/aromatic N) is 2. The first-order chi connectivity index (χ1) is 9.62. The number of rotatable bonds is 4. The summed E-state index contributed by atoms with van der Waals surface area (Å²) in [5.41, 5.74) is 1.22. The van der Waals surface area contributed by atoms with Gasteiger partial charge in [0.05, 0.1) is 18.5 Å². The third-order valence-corrected chi connectivity index (χ3v) is 4.99. The zero-order chi connectivity index (χ0) is 14.2. The average molecular weight is 345 g/mol. The zero-order valence-electron chi connectivity index (χ0n) is 12.0. The van der Waals surface area contributed by atoms with Crippen LogP contribution in [0.3, 0.4) is 0 Å². The predicted molar refractivity (Wildman–Crippen MR) is 92.9 cm³/mol. The fourth-order valence-corrected chi connectivity index (χ4v) is 3.81. The summed E-state index contributed by atoms with van der Waals surface area (Å²) in [5.74, 6) is 1.46. The molecular weight excluding hydrogens is 327 g/mol. The fraction of sp³-hybridized carbons (Fsp3) is 0.400. The van der Waals surface area contributed by atoms with E-state index in [2.05, 4.69) is 30.2 Å². The van der Waals surface area contributed by atoms with Crippen molar-refractivity contribution >= 4 is 40.9 Å². The Hall–Kier alpha value is -0.840. The van der Waals surface area contributed by atoms with Gasteiger partial charge in [0.25, 0.3) is 0 Å². The fourth-order valence-electron chi connectivity index (χ4n) is 2.61. The van der Waals surface area contributed by atoms with Crippen LogP contribution in [0.5, 0.6) is 5.75 Å². The number of hydrogen-bond acceptors (Lipinski definition) is 4. The van der Waals surface area contributed by atoms with Crippen LogP contribution in [0.1, 0.15) is 12.5 Å². The first-order valence-electron chi connectivity index (χ1n) is 6.56. The van der Waals surface area contributed by atoms with Crippen LogP contribution in [-0.4, -0.2) is 35.1 Å². The molecule has 0 amide bonds. The molecule has 0 aromatic heterocycles. The van der Waals surface area contributed by atoms with Crippen molar-refractivity contribution in [3.8, 4) is 5.75 Å². The van der Waals surface area contributed by atoms with Gasteiger partial charge in [0, 0.05) is 17.6 Å². The molecule has 0 aliphatic carbocycles. The van der Waals surface area contributed by atoms with E-state index in [1.807, 2.05) is 12.1 Å². The van der Waals surface area contributed by atoms with Gasteiger partial charge in [-0.05, 0) is 31.0 Å². The highest BCUT2D eigenvalue weighted by Gasteiger charge is 2.37. The van der Waals surface area contributed by atoms with Gasteiger partial charge in [-0.2, -0.15) is 0 Å². The number of fused-ring (bicyclic) bond motifs is 1. The minimum atomic E-state index is -0.0642. The van der Waals surface area contributed by atoms with Gasteiger partial charge in [0.1, 0.15) is 5.75 Å². The van der Waals surface area contributed by atoms with Gasteiger partial charge in [-0.25, -0.2) is 0 Å². The van der Waals surface area contributed by atoms with Gasteiger partial charge >= 0.3 is 0 Å². The lowest BCUT2D eigenvalue weighted by Gasteiger charge is -2.22. The van der Waals surface area contributed by atoms with E-state index >= 15 is 0 Å². The number of hydrogen-bond donors (Lipinski definition) is 0. The molecule has 0 N–H and O–H groups in total. The van der Waals surface area contributed by atoms with E-state index in [9.17, 15) is 0 Å². The molecule has 3 nitrogen and oxygen atoms in total. The number of allylic oxidation sites excluding steroid dienone is 1. The Balaban J connectivity index is 0.00000161. The van der Waals surface area contributed by atoms with Crippen LogP contribution in [-0.2, 0) is 6.42 Å². The second kappa shape index (κ2) is 6.51. The normalized spacial score (nSPS) is 23.3. The number of amidine groups is 1. The van der Waals surface area contributed by atoms with Gasteiger partial charge < -0.3 is 9.64 Å². The lowest BCUT2D eigenvalue weighted by Crippen LogP contribution is -2.31. The molecule has 0 saturated carbocycles. The van der Waals surface area contributed by atoms with Crippen LogP contribution < -0.4 is 4.74 Å². The zero-order valence-corrected chi connectivity index (χ0v) is 14.4. The SMILES string of the molecule is COc1ccc(CC2(C)CN3C=C(CCl)SC3=N2)cc1.Cl.